The molecular weight excluding hydrogens is 482 g/mol. The van der Waals surface area contributed by atoms with Gasteiger partial charge in [0.15, 0.2) is 0 Å². The first-order valence-corrected chi connectivity index (χ1v) is 14.9. The van der Waals surface area contributed by atoms with Crippen molar-refractivity contribution in [2.24, 2.45) is 0 Å². The van der Waals surface area contributed by atoms with E-state index in [0.29, 0.717) is 0 Å². The van der Waals surface area contributed by atoms with E-state index >= 15 is 0 Å². The molecule has 6 rings (SSSR count). The molecule has 0 N–H and O–H groups in total. The maximum absolute atomic E-state index is 4.72. The van der Waals surface area contributed by atoms with Crippen molar-refractivity contribution in [3.05, 3.63) is 149 Å². The van der Waals surface area contributed by atoms with E-state index in [0.717, 1.165) is 12.0 Å². The summed E-state index contributed by atoms with van der Waals surface area (Å²) in [5, 5.41) is 2.61. The Hall–Kier alpha value is -3.84. The van der Waals surface area contributed by atoms with Gasteiger partial charge in [0.2, 0.25) is 0 Å². The van der Waals surface area contributed by atoms with Gasteiger partial charge in [0.05, 0.1) is 0 Å². The summed E-state index contributed by atoms with van der Waals surface area (Å²) in [7, 11) is 2.24. The second-order valence-corrected chi connectivity index (χ2v) is 12.1. The van der Waals surface area contributed by atoms with E-state index in [2.05, 4.69) is 135 Å². The molecule has 202 valence electrons. The van der Waals surface area contributed by atoms with Crippen LogP contribution in [0, 0.1) is 6.92 Å². The first-order chi connectivity index (χ1) is 19.4. The molecule has 4 aromatic carbocycles. The zero-order valence-corrected chi connectivity index (χ0v) is 24.3. The van der Waals surface area contributed by atoms with Crippen LogP contribution in [0.15, 0.2) is 127 Å². The molecule has 0 radical (unpaired) electrons. The number of likely N-dealkylation sites (N-methyl/N-ethyl adjacent to an activating group) is 1. The molecule has 1 atom stereocenters. The molecule has 0 amide bonds. The van der Waals surface area contributed by atoms with Gasteiger partial charge in [-0.05, 0) is 76.9 Å². The fourth-order valence-electron chi connectivity index (χ4n) is 7.56. The second kappa shape index (κ2) is 10.6. The fraction of sp³-hybridized carbons (Fsp3) is 0.282. The molecule has 1 saturated carbocycles. The van der Waals surface area contributed by atoms with Crippen LogP contribution < -0.4 is 4.90 Å². The summed E-state index contributed by atoms with van der Waals surface area (Å²) >= 11 is 0. The highest BCUT2D eigenvalue weighted by molar-refractivity contribution is 5.87. The minimum atomic E-state index is -0.239. The number of aryl methyl sites for hydroxylation is 1. The van der Waals surface area contributed by atoms with Crippen molar-refractivity contribution in [2.75, 3.05) is 11.9 Å². The lowest BCUT2D eigenvalue weighted by Gasteiger charge is -2.36. The number of allylic oxidation sites excluding steroid dienone is 5. The Morgan fingerprint density at radius 2 is 1.57 bits per heavy atom. The fourth-order valence-corrected chi connectivity index (χ4v) is 7.56. The van der Waals surface area contributed by atoms with Gasteiger partial charge in [-0.2, -0.15) is 0 Å². The molecule has 2 aliphatic rings. The highest BCUT2D eigenvalue weighted by atomic mass is 15.2. The lowest BCUT2D eigenvalue weighted by Crippen LogP contribution is -2.31. The number of rotatable bonds is 6. The summed E-state index contributed by atoms with van der Waals surface area (Å²) in [6.07, 6.45) is 14.2. The standard InChI is InChI=1S/C39H41N/c1-29(16-15-23-37-39(26-13-6-14-27-39)35-21-11-12-22-36(35)40(37)4)38(3,28-31-17-7-5-8-18-31)34-25-24-32-19-9-10-20-33(32)30(34)2/h5,7-12,15-25H,1,6,13-14,26-28H2,2-4H3/b16-15+,37-23+. The average Bonchev–Trinajstić information content (AvgIpc) is 3.21. The van der Waals surface area contributed by atoms with E-state index < -0.39 is 0 Å². The van der Waals surface area contributed by atoms with Crippen molar-refractivity contribution >= 4 is 16.5 Å². The SMILES string of the molecule is C=C(/C=C/C=C1/N(C)c2ccccc2C12CCCCC2)C(C)(Cc1ccccc1)c1ccc2ccccc2c1C. The van der Waals surface area contributed by atoms with Gasteiger partial charge in [0.1, 0.15) is 0 Å². The topological polar surface area (TPSA) is 3.24 Å². The molecule has 1 aliphatic heterocycles. The van der Waals surface area contributed by atoms with E-state index in [9.17, 15) is 0 Å². The van der Waals surface area contributed by atoms with Gasteiger partial charge in [-0.15, -0.1) is 0 Å². The molecule has 1 unspecified atom stereocenters. The molecule has 1 nitrogen and oxygen atoms in total. The summed E-state index contributed by atoms with van der Waals surface area (Å²) in [6.45, 7) is 9.36. The minimum absolute atomic E-state index is 0.136. The van der Waals surface area contributed by atoms with Crippen LogP contribution in [0.2, 0.25) is 0 Å². The summed E-state index contributed by atoms with van der Waals surface area (Å²) in [6, 6.07) is 33.2. The van der Waals surface area contributed by atoms with Gasteiger partial charge in [-0.25, -0.2) is 0 Å². The van der Waals surface area contributed by atoms with Crippen molar-refractivity contribution in [1.29, 1.82) is 0 Å². The van der Waals surface area contributed by atoms with Crippen LogP contribution in [0.25, 0.3) is 10.8 Å². The second-order valence-electron chi connectivity index (χ2n) is 12.1. The van der Waals surface area contributed by atoms with Gasteiger partial charge in [-0.1, -0.05) is 130 Å². The predicted molar refractivity (Wildman–Crippen MR) is 172 cm³/mol. The smallest absolute Gasteiger partial charge is 0.0448 e. The maximum atomic E-state index is 4.72. The largest absolute Gasteiger partial charge is 0.347 e. The predicted octanol–water partition coefficient (Wildman–Crippen LogP) is 10.00. The van der Waals surface area contributed by atoms with Crippen LogP contribution in [0.3, 0.4) is 0 Å². The van der Waals surface area contributed by atoms with E-state index in [-0.39, 0.29) is 10.8 Å². The number of hydrogen-bond acceptors (Lipinski definition) is 1. The van der Waals surface area contributed by atoms with Crippen molar-refractivity contribution < 1.29 is 0 Å². The number of hydrogen-bond donors (Lipinski definition) is 0. The normalized spacial score (nSPS) is 18.9. The first-order valence-electron chi connectivity index (χ1n) is 14.9. The van der Waals surface area contributed by atoms with Crippen molar-refractivity contribution in [3.8, 4) is 0 Å². The number of anilines is 1. The van der Waals surface area contributed by atoms with Crippen molar-refractivity contribution in [2.45, 2.75) is 63.2 Å². The summed E-state index contributed by atoms with van der Waals surface area (Å²) < 4.78 is 0. The van der Waals surface area contributed by atoms with E-state index in [1.807, 2.05) is 0 Å². The third-order valence-electron chi connectivity index (χ3n) is 9.79. The van der Waals surface area contributed by atoms with Gasteiger partial charge < -0.3 is 4.90 Å². The van der Waals surface area contributed by atoms with Crippen molar-refractivity contribution in [3.63, 3.8) is 0 Å². The van der Waals surface area contributed by atoms with Crippen LogP contribution in [0.5, 0.6) is 0 Å². The molecule has 0 saturated heterocycles. The van der Waals surface area contributed by atoms with Gasteiger partial charge in [-0.3, -0.25) is 0 Å². The summed E-state index contributed by atoms with van der Waals surface area (Å²) in [5.74, 6) is 0. The zero-order chi connectivity index (χ0) is 27.7. The molecule has 1 heterocycles. The van der Waals surface area contributed by atoms with E-state index in [1.54, 1.807) is 0 Å². The van der Waals surface area contributed by atoms with Crippen LogP contribution in [0.4, 0.5) is 5.69 Å². The highest BCUT2D eigenvalue weighted by Crippen LogP contribution is 2.54. The minimum Gasteiger partial charge on any atom is -0.347 e. The summed E-state index contributed by atoms with van der Waals surface area (Å²) in [5.41, 5.74) is 9.38. The number of nitrogens with zero attached hydrogens (tertiary/aromatic N) is 1. The van der Waals surface area contributed by atoms with Crippen LogP contribution >= 0.6 is 0 Å². The number of para-hydroxylation sites is 1. The number of benzene rings is 4. The Balaban J connectivity index is 1.39. The maximum Gasteiger partial charge on any atom is 0.0448 e. The Kier molecular flexibility index (Phi) is 7.00. The average molecular weight is 524 g/mol. The lowest BCUT2D eigenvalue weighted by atomic mass is 9.68. The molecule has 1 spiro atoms. The van der Waals surface area contributed by atoms with E-state index in [1.165, 1.54) is 76.5 Å². The zero-order valence-electron chi connectivity index (χ0n) is 24.3. The van der Waals surface area contributed by atoms with Crippen LogP contribution in [-0.4, -0.2) is 7.05 Å². The molecule has 0 aromatic heterocycles. The van der Waals surface area contributed by atoms with Gasteiger partial charge >= 0.3 is 0 Å². The van der Waals surface area contributed by atoms with Crippen molar-refractivity contribution in [1.82, 2.24) is 0 Å². The Morgan fingerprint density at radius 1 is 0.875 bits per heavy atom. The molecule has 1 aliphatic carbocycles. The monoisotopic (exact) mass is 523 g/mol. The Labute approximate surface area is 240 Å². The van der Waals surface area contributed by atoms with Gasteiger partial charge in [0, 0.05) is 29.3 Å². The molecule has 4 aromatic rings. The quantitative estimate of drug-likeness (QED) is 0.227. The van der Waals surface area contributed by atoms with Crippen LogP contribution in [0.1, 0.15) is 61.3 Å². The Bertz CT molecular complexity index is 1600. The van der Waals surface area contributed by atoms with Gasteiger partial charge in [0.25, 0.3) is 0 Å². The summed E-state index contributed by atoms with van der Waals surface area (Å²) in [4.78, 5) is 2.43. The van der Waals surface area contributed by atoms with E-state index in [4.69, 9.17) is 6.58 Å². The van der Waals surface area contributed by atoms with Crippen LogP contribution in [-0.2, 0) is 17.3 Å². The molecule has 1 heteroatoms. The molecule has 0 bridgehead atoms. The Morgan fingerprint density at radius 3 is 2.38 bits per heavy atom. The first kappa shape index (κ1) is 26.4. The third kappa shape index (κ3) is 4.42. The lowest BCUT2D eigenvalue weighted by molar-refractivity contribution is 0.347. The third-order valence-corrected chi connectivity index (χ3v) is 9.79. The molecule has 1 fully saturated rings. The number of fused-ring (bicyclic) bond motifs is 3. The highest BCUT2D eigenvalue weighted by Gasteiger charge is 2.45. The molecular formula is C39H41N. The molecule has 40 heavy (non-hydrogen) atoms.